The van der Waals surface area contributed by atoms with Gasteiger partial charge in [0.05, 0.1) is 0 Å². The number of nitrogens with zero attached hydrogens (tertiary/aromatic N) is 1. The molecule has 1 rings (SSSR count). The van der Waals surface area contributed by atoms with E-state index in [0.29, 0.717) is 11.8 Å². The van der Waals surface area contributed by atoms with Crippen molar-refractivity contribution in [2.45, 2.75) is 41.5 Å². The molecule has 0 N–H and O–H groups in total. The first-order valence-electron chi connectivity index (χ1n) is 8.04. The summed E-state index contributed by atoms with van der Waals surface area (Å²) in [7, 11) is 0. The summed E-state index contributed by atoms with van der Waals surface area (Å²) in [5, 5.41) is 0. The number of carbonyl (C=O) groups is 1. The molecule has 0 fully saturated rings. The molecule has 0 saturated heterocycles. The summed E-state index contributed by atoms with van der Waals surface area (Å²) in [4.78, 5) is 15.2. The van der Waals surface area contributed by atoms with Crippen LogP contribution in [0.4, 0.5) is 0 Å². The zero-order valence-corrected chi connectivity index (χ0v) is 14.5. The smallest absolute Gasteiger partial charge is 0.169 e. The Morgan fingerprint density at radius 1 is 1.00 bits per heavy atom. The average molecular weight is 289 g/mol. The van der Waals surface area contributed by atoms with Gasteiger partial charge in [0.15, 0.2) is 5.78 Å². The van der Waals surface area contributed by atoms with Crippen LogP contribution in [-0.2, 0) is 0 Å². The van der Waals surface area contributed by atoms with Crippen molar-refractivity contribution in [2.24, 2.45) is 17.3 Å². The normalized spacial score (nSPS) is 12.4. The molecule has 0 aliphatic heterocycles. The van der Waals surface area contributed by atoms with Crippen LogP contribution in [0.2, 0.25) is 0 Å². The first-order chi connectivity index (χ1) is 9.72. The highest BCUT2D eigenvalue weighted by Crippen LogP contribution is 2.24. The van der Waals surface area contributed by atoms with Gasteiger partial charge in [-0.25, -0.2) is 0 Å². The Morgan fingerprint density at radius 3 is 1.90 bits per heavy atom. The Balaban J connectivity index is 2.81. The summed E-state index contributed by atoms with van der Waals surface area (Å²) in [5.41, 5.74) is 0.460. The second kappa shape index (κ2) is 7.74. The Bertz CT molecular complexity index is 424. The van der Waals surface area contributed by atoms with Crippen molar-refractivity contribution >= 4 is 5.78 Å². The zero-order valence-electron chi connectivity index (χ0n) is 14.5. The van der Waals surface area contributed by atoms with Crippen molar-refractivity contribution < 1.29 is 4.79 Å². The second-order valence-corrected chi connectivity index (χ2v) is 7.56. The molecule has 0 spiro atoms. The van der Waals surface area contributed by atoms with Gasteiger partial charge in [0.25, 0.3) is 0 Å². The van der Waals surface area contributed by atoms with E-state index >= 15 is 0 Å². The van der Waals surface area contributed by atoms with E-state index in [1.54, 1.807) is 0 Å². The molecule has 0 atom stereocenters. The number of Topliss-reactive ketones (excluding diaryl/α,β-unsaturated/α-hetero) is 1. The third-order valence-electron chi connectivity index (χ3n) is 3.52. The van der Waals surface area contributed by atoms with Crippen LogP contribution in [0.15, 0.2) is 30.3 Å². The fraction of sp³-hybridized carbons (Fsp3) is 0.632. The molecule has 2 nitrogen and oxygen atoms in total. The third-order valence-corrected chi connectivity index (χ3v) is 3.52. The molecular formula is C19H31NO. The van der Waals surface area contributed by atoms with E-state index in [0.717, 1.165) is 25.2 Å². The highest BCUT2D eigenvalue weighted by molar-refractivity contribution is 6.00. The van der Waals surface area contributed by atoms with Crippen LogP contribution in [-0.4, -0.2) is 30.3 Å². The molecule has 0 aromatic heterocycles. The van der Waals surface area contributed by atoms with Gasteiger partial charge in [0.1, 0.15) is 0 Å². The molecule has 0 aliphatic carbocycles. The van der Waals surface area contributed by atoms with Crippen molar-refractivity contribution in [3.05, 3.63) is 35.9 Å². The summed E-state index contributed by atoms with van der Waals surface area (Å²) in [6, 6.07) is 9.65. The quantitative estimate of drug-likeness (QED) is 0.656. The summed E-state index contributed by atoms with van der Waals surface area (Å²) in [6.07, 6.45) is 0. The second-order valence-electron chi connectivity index (χ2n) is 7.56. The first kappa shape index (κ1) is 17.9. The van der Waals surface area contributed by atoms with Gasteiger partial charge in [-0.15, -0.1) is 0 Å². The summed E-state index contributed by atoms with van der Waals surface area (Å²) >= 11 is 0. The summed E-state index contributed by atoms with van der Waals surface area (Å²) < 4.78 is 0. The minimum atomic E-state index is -0.356. The van der Waals surface area contributed by atoms with Crippen LogP contribution < -0.4 is 0 Å². The van der Waals surface area contributed by atoms with E-state index in [-0.39, 0.29) is 11.2 Å². The number of carbonyl (C=O) groups excluding carboxylic acids is 1. The largest absolute Gasteiger partial charge is 0.302 e. The van der Waals surface area contributed by atoms with Gasteiger partial charge >= 0.3 is 0 Å². The van der Waals surface area contributed by atoms with E-state index in [2.05, 4.69) is 46.4 Å². The van der Waals surface area contributed by atoms with Crippen LogP contribution in [0.25, 0.3) is 0 Å². The molecule has 0 heterocycles. The monoisotopic (exact) mass is 289 g/mol. The van der Waals surface area contributed by atoms with E-state index in [9.17, 15) is 4.79 Å². The predicted octanol–water partition coefficient (Wildman–Crippen LogP) is 4.51. The van der Waals surface area contributed by atoms with Crippen molar-refractivity contribution in [2.75, 3.05) is 19.6 Å². The van der Waals surface area contributed by atoms with Crippen LogP contribution in [0.1, 0.15) is 51.9 Å². The lowest BCUT2D eigenvalue weighted by Crippen LogP contribution is -2.42. The number of rotatable bonds is 8. The van der Waals surface area contributed by atoms with Gasteiger partial charge in [-0.3, -0.25) is 4.79 Å². The fourth-order valence-electron chi connectivity index (χ4n) is 2.85. The van der Waals surface area contributed by atoms with E-state index in [1.165, 1.54) is 0 Å². The first-order valence-corrected chi connectivity index (χ1v) is 8.04. The lowest BCUT2D eigenvalue weighted by atomic mass is 9.83. The van der Waals surface area contributed by atoms with Crippen LogP contribution in [0, 0.1) is 17.3 Å². The number of hydrogen-bond donors (Lipinski definition) is 0. The fourth-order valence-corrected chi connectivity index (χ4v) is 2.85. The Morgan fingerprint density at radius 2 is 1.48 bits per heavy atom. The van der Waals surface area contributed by atoms with E-state index < -0.39 is 0 Å². The van der Waals surface area contributed by atoms with Crippen molar-refractivity contribution in [1.29, 1.82) is 0 Å². The molecule has 118 valence electrons. The molecule has 1 aromatic carbocycles. The van der Waals surface area contributed by atoms with E-state index in [4.69, 9.17) is 0 Å². The lowest BCUT2D eigenvalue weighted by molar-refractivity contribution is 0.0738. The molecule has 0 aliphatic rings. The highest BCUT2D eigenvalue weighted by Gasteiger charge is 2.31. The predicted molar refractivity (Wildman–Crippen MR) is 90.7 cm³/mol. The highest BCUT2D eigenvalue weighted by atomic mass is 16.1. The minimum absolute atomic E-state index is 0.237. The third kappa shape index (κ3) is 6.01. The van der Waals surface area contributed by atoms with Gasteiger partial charge in [-0.05, 0) is 11.8 Å². The SMILES string of the molecule is CC(C)CN(CC(C)C)CC(C)(C)C(=O)c1ccccc1. The zero-order chi connectivity index (χ0) is 16.0. The molecule has 0 unspecified atom stereocenters. The minimum Gasteiger partial charge on any atom is -0.302 e. The van der Waals surface area contributed by atoms with Crippen molar-refractivity contribution in [1.82, 2.24) is 4.90 Å². The molecule has 0 amide bonds. The number of hydrogen-bond acceptors (Lipinski definition) is 2. The maximum atomic E-state index is 12.7. The number of benzene rings is 1. The molecule has 2 heteroatoms. The Hall–Kier alpha value is -1.15. The van der Waals surface area contributed by atoms with Crippen molar-refractivity contribution in [3.8, 4) is 0 Å². The molecule has 0 bridgehead atoms. The molecule has 21 heavy (non-hydrogen) atoms. The van der Waals surface area contributed by atoms with Gasteiger partial charge in [-0.2, -0.15) is 0 Å². The van der Waals surface area contributed by atoms with Gasteiger partial charge in [0.2, 0.25) is 0 Å². The maximum Gasteiger partial charge on any atom is 0.169 e. The topological polar surface area (TPSA) is 20.3 Å². The summed E-state index contributed by atoms with van der Waals surface area (Å²) in [5.74, 6) is 1.47. The van der Waals surface area contributed by atoms with Crippen LogP contribution >= 0.6 is 0 Å². The molecular weight excluding hydrogens is 258 g/mol. The Kier molecular flexibility index (Phi) is 6.60. The van der Waals surface area contributed by atoms with Crippen LogP contribution in [0.3, 0.4) is 0 Å². The van der Waals surface area contributed by atoms with E-state index in [1.807, 2.05) is 30.3 Å². The lowest BCUT2D eigenvalue weighted by Gasteiger charge is -2.33. The van der Waals surface area contributed by atoms with Crippen LogP contribution in [0.5, 0.6) is 0 Å². The standard InChI is InChI=1S/C19H31NO/c1-15(2)12-20(13-16(3)4)14-19(5,6)18(21)17-10-8-7-9-11-17/h7-11,15-16H,12-14H2,1-6H3. The van der Waals surface area contributed by atoms with Gasteiger partial charge in [0, 0.05) is 30.6 Å². The molecule has 1 aromatic rings. The number of ketones is 1. The Labute approximate surface area is 130 Å². The van der Waals surface area contributed by atoms with Crippen molar-refractivity contribution in [3.63, 3.8) is 0 Å². The van der Waals surface area contributed by atoms with Gasteiger partial charge in [-0.1, -0.05) is 71.9 Å². The average Bonchev–Trinajstić information content (AvgIpc) is 2.36. The maximum absolute atomic E-state index is 12.7. The van der Waals surface area contributed by atoms with Gasteiger partial charge < -0.3 is 4.90 Å². The summed E-state index contributed by atoms with van der Waals surface area (Å²) in [6.45, 7) is 16.0. The molecule has 0 saturated carbocycles. The molecule has 0 radical (unpaired) electrons.